The molecular formula is C25H26F7N3O5. The molecule has 3 rings (SSSR count). The van der Waals surface area contributed by atoms with Gasteiger partial charge < -0.3 is 20.5 Å². The van der Waals surface area contributed by atoms with Gasteiger partial charge in [-0.1, -0.05) is 32.0 Å². The Morgan fingerprint density at radius 2 is 1.62 bits per heavy atom. The number of hydrogen-bond acceptors (Lipinski definition) is 5. The molecule has 2 aromatic carbocycles. The summed E-state index contributed by atoms with van der Waals surface area (Å²) in [5.74, 6) is -9.08. The van der Waals surface area contributed by atoms with Gasteiger partial charge in [-0.05, 0) is 42.3 Å². The van der Waals surface area contributed by atoms with Crippen LogP contribution in [0.15, 0.2) is 42.5 Å². The Morgan fingerprint density at radius 1 is 1.05 bits per heavy atom. The van der Waals surface area contributed by atoms with Gasteiger partial charge in [0.15, 0.2) is 5.92 Å². The van der Waals surface area contributed by atoms with E-state index in [2.05, 4.69) is 0 Å². The van der Waals surface area contributed by atoms with E-state index in [0.29, 0.717) is 5.56 Å². The Balaban J connectivity index is 0.00000274. The van der Waals surface area contributed by atoms with Crippen LogP contribution in [0.25, 0.3) is 0 Å². The number of halogens is 7. The summed E-state index contributed by atoms with van der Waals surface area (Å²) in [5, 5.41) is 12.4. The first-order valence-electron chi connectivity index (χ1n) is 11.8. The Bertz CT molecular complexity index is 1190. The molecule has 0 spiro atoms. The number of nitrogens with one attached hydrogen (secondary N) is 2. The summed E-state index contributed by atoms with van der Waals surface area (Å²) >= 11 is 0. The molecule has 0 aliphatic carbocycles. The summed E-state index contributed by atoms with van der Waals surface area (Å²) in [6.07, 6.45) is -12.3. The molecule has 220 valence electrons. The molecule has 0 aromatic heterocycles. The van der Waals surface area contributed by atoms with E-state index in [-0.39, 0.29) is 24.5 Å². The smallest absolute Gasteiger partial charge is 0.403 e. The number of aliphatic hydroxyl groups excluding tert-OH is 1. The molecule has 2 aromatic rings. The fourth-order valence-electron chi connectivity index (χ4n) is 3.79. The highest BCUT2D eigenvalue weighted by atomic mass is 19.4. The van der Waals surface area contributed by atoms with E-state index in [1.54, 1.807) is 5.32 Å². The molecule has 1 fully saturated rings. The number of nitrogens with zero attached hydrogens (tertiary/aromatic N) is 1. The van der Waals surface area contributed by atoms with E-state index in [1.165, 1.54) is 37.3 Å². The molecule has 40 heavy (non-hydrogen) atoms. The Morgan fingerprint density at radius 3 is 2.12 bits per heavy atom. The van der Waals surface area contributed by atoms with Crippen molar-refractivity contribution in [2.45, 2.75) is 45.2 Å². The van der Waals surface area contributed by atoms with Crippen molar-refractivity contribution in [1.29, 1.82) is 0 Å². The van der Waals surface area contributed by atoms with Crippen LogP contribution in [0, 0.1) is 18.7 Å². The lowest BCUT2D eigenvalue weighted by Crippen LogP contribution is -2.59. The maximum absolute atomic E-state index is 14.2. The van der Waals surface area contributed by atoms with Crippen molar-refractivity contribution >= 4 is 23.5 Å². The third-order valence-corrected chi connectivity index (χ3v) is 5.49. The molecule has 1 heterocycles. The standard InChI is InChI=1S/C23H20F7N3O5.C2H6/c1-11-2-7-15(14(24)10-11)31-19(35)17(18(22(25,26)27)23(28,29)30)33-20(36)16(32-21(33)37)12-3-5-13(6-4-12)38-9-8-34;1-2/h2-7,10,16-18,34H,8-9H2,1H3,(H,31,35)(H,32,37);1-2H3/t16-,17?;/m1./s1. The number of carbonyl (C=O) groups excluding carboxylic acids is 3. The summed E-state index contributed by atoms with van der Waals surface area (Å²) in [7, 11) is 0. The number of benzene rings is 2. The third kappa shape index (κ3) is 7.40. The van der Waals surface area contributed by atoms with Crippen molar-refractivity contribution in [1.82, 2.24) is 10.2 Å². The quantitative estimate of drug-likeness (QED) is 0.305. The van der Waals surface area contributed by atoms with Gasteiger partial charge in [0.1, 0.15) is 30.3 Å². The lowest BCUT2D eigenvalue weighted by atomic mass is 9.95. The summed E-state index contributed by atoms with van der Waals surface area (Å²) in [5.41, 5.74) is -0.456. The topological polar surface area (TPSA) is 108 Å². The van der Waals surface area contributed by atoms with Crippen molar-refractivity contribution < 1.29 is 55.0 Å². The molecule has 4 amide bonds. The minimum absolute atomic E-state index is 0.0403. The van der Waals surface area contributed by atoms with Crippen molar-refractivity contribution in [3.05, 3.63) is 59.4 Å². The van der Waals surface area contributed by atoms with Crippen LogP contribution in [0.5, 0.6) is 5.75 Å². The number of aryl methyl sites for hydroxylation is 1. The fraction of sp³-hybridized carbons (Fsp3) is 0.400. The fourth-order valence-corrected chi connectivity index (χ4v) is 3.79. The Labute approximate surface area is 224 Å². The van der Waals surface area contributed by atoms with Gasteiger partial charge >= 0.3 is 18.4 Å². The Kier molecular flexibility index (Phi) is 10.5. The zero-order valence-electron chi connectivity index (χ0n) is 21.4. The van der Waals surface area contributed by atoms with Crippen molar-refractivity contribution in [3.8, 4) is 5.75 Å². The largest absolute Gasteiger partial charge is 0.491 e. The molecule has 1 aliphatic rings. The number of imide groups is 1. The van der Waals surface area contributed by atoms with E-state index in [1.807, 2.05) is 19.2 Å². The van der Waals surface area contributed by atoms with Gasteiger partial charge in [-0.2, -0.15) is 26.3 Å². The number of aliphatic hydroxyl groups is 1. The van der Waals surface area contributed by atoms with E-state index < -0.39 is 64.6 Å². The first-order chi connectivity index (χ1) is 18.6. The molecule has 1 unspecified atom stereocenters. The minimum atomic E-state index is -6.13. The number of rotatable bonds is 8. The summed E-state index contributed by atoms with van der Waals surface area (Å²) in [4.78, 5) is 38.0. The van der Waals surface area contributed by atoms with Crippen LogP contribution in [0.2, 0.25) is 0 Å². The van der Waals surface area contributed by atoms with Gasteiger partial charge in [0.2, 0.25) is 5.91 Å². The maximum atomic E-state index is 14.2. The number of urea groups is 1. The van der Waals surface area contributed by atoms with Crippen LogP contribution < -0.4 is 15.4 Å². The van der Waals surface area contributed by atoms with Gasteiger partial charge in [-0.3, -0.25) is 9.59 Å². The predicted molar refractivity (Wildman–Crippen MR) is 128 cm³/mol. The van der Waals surface area contributed by atoms with E-state index in [9.17, 15) is 45.1 Å². The average Bonchev–Trinajstić information content (AvgIpc) is 3.16. The maximum Gasteiger partial charge on any atom is 0.403 e. The number of anilines is 1. The molecule has 1 saturated heterocycles. The first kappa shape index (κ1) is 32.3. The zero-order valence-corrected chi connectivity index (χ0v) is 21.4. The van der Waals surface area contributed by atoms with Crippen molar-refractivity contribution in [3.63, 3.8) is 0 Å². The third-order valence-electron chi connectivity index (χ3n) is 5.49. The van der Waals surface area contributed by atoms with E-state index >= 15 is 0 Å². The summed E-state index contributed by atoms with van der Waals surface area (Å²) in [6, 6.07) is 1.11. The van der Waals surface area contributed by atoms with Crippen LogP contribution in [0.1, 0.15) is 31.0 Å². The Hall–Kier alpha value is -3.88. The van der Waals surface area contributed by atoms with Crippen LogP contribution in [0.4, 0.5) is 41.2 Å². The highest BCUT2D eigenvalue weighted by Crippen LogP contribution is 2.44. The molecule has 1 aliphatic heterocycles. The van der Waals surface area contributed by atoms with Gasteiger partial charge in [-0.25, -0.2) is 14.1 Å². The number of amides is 4. The molecule has 8 nitrogen and oxygen atoms in total. The zero-order chi connectivity index (χ0) is 30.4. The van der Waals surface area contributed by atoms with E-state index in [4.69, 9.17) is 9.84 Å². The minimum Gasteiger partial charge on any atom is -0.491 e. The molecule has 0 bridgehead atoms. The highest BCUT2D eigenvalue weighted by molar-refractivity contribution is 6.09. The second-order valence-corrected chi connectivity index (χ2v) is 8.21. The van der Waals surface area contributed by atoms with Crippen LogP contribution in [-0.4, -0.2) is 59.5 Å². The van der Waals surface area contributed by atoms with Gasteiger partial charge in [0.05, 0.1) is 12.3 Å². The SMILES string of the molecule is CC.Cc1ccc(NC(=O)C(C(C(F)(F)F)C(F)(F)F)N2C(=O)N[C@H](c3ccc(OCCO)cc3)C2=O)c(F)c1. The average molecular weight is 581 g/mol. The second kappa shape index (κ2) is 13.0. The van der Waals surface area contributed by atoms with Crippen molar-refractivity contribution in [2.24, 2.45) is 5.92 Å². The second-order valence-electron chi connectivity index (χ2n) is 8.21. The van der Waals surface area contributed by atoms with Crippen molar-refractivity contribution in [2.75, 3.05) is 18.5 Å². The van der Waals surface area contributed by atoms with Crippen LogP contribution in [-0.2, 0) is 9.59 Å². The lowest BCUT2D eigenvalue weighted by Gasteiger charge is -2.33. The van der Waals surface area contributed by atoms with E-state index in [0.717, 1.165) is 12.1 Å². The summed E-state index contributed by atoms with van der Waals surface area (Å²) < 4.78 is 102. The first-order valence-corrected chi connectivity index (χ1v) is 11.8. The van der Waals surface area contributed by atoms with Gasteiger partial charge in [-0.15, -0.1) is 0 Å². The van der Waals surface area contributed by atoms with Gasteiger partial charge in [0.25, 0.3) is 5.91 Å². The van der Waals surface area contributed by atoms with Gasteiger partial charge in [0, 0.05) is 0 Å². The number of alkyl halides is 6. The normalized spacial score (nSPS) is 16.3. The van der Waals surface area contributed by atoms with Crippen LogP contribution >= 0.6 is 0 Å². The number of ether oxygens (including phenoxy) is 1. The molecule has 2 atom stereocenters. The molecular weight excluding hydrogens is 555 g/mol. The molecule has 0 radical (unpaired) electrons. The molecule has 0 saturated carbocycles. The highest BCUT2D eigenvalue weighted by Gasteiger charge is 2.66. The predicted octanol–water partition coefficient (Wildman–Crippen LogP) is 4.87. The number of carbonyl (C=O) groups is 3. The number of hydrogen-bond donors (Lipinski definition) is 3. The molecule has 3 N–H and O–H groups in total. The summed E-state index contributed by atoms with van der Waals surface area (Å²) in [6.45, 7) is 5.05. The lowest BCUT2D eigenvalue weighted by molar-refractivity contribution is -0.293. The van der Waals surface area contributed by atoms with Crippen LogP contribution in [0.3, 0.4) is 0 Å². The molecule has 15 heteroatoms. The monoisotopic (exact) mass is 581 g/mol.